The average molecular weight is 237 g/mol. The predicted molar refractivity (Wildman–Crippen MR) is 60.3 cm³/mol. The summed E-state index contributed by atoms with van der Waals surface area (Å²) < 4.78 is 6.59. The number of aryl methyl sites for hydroxylation is 1. The van der Waals surface area contributed by atoms with E-state index < -0.39 is 0 Å². The number of carbonyl (C=O) groups is 1. The standard InChI is InChI=1S/C10H11N3O2S/c1-3-15-10(14)7-6-16-9(12-7)8-4-5-11-13(8)2/h4-6H,3H2,1-2H3. The van der Waals surface area contributed by atoms with E-state index in [0.29, 0.717) is 12.3 Å². The first-order valence-electron chi connectivity index (χ1n) is 4.83. The fourth-order valence-corrected chi connectivity index (χ4v) is 2.12. The maximum Gasteiger partial charge on any atom is 0.357 e. The summed E-state index contributed by atoms with van der Waals surface area (Å²) in [7, 11) is 1.83. The molecule has 0 aromatic carbocycles. The van der Waals surface area contributed by atoms with Crippen LogP contribution in [0.3, 0.4) is 0 Å². The van der Waals surface area contributed by atoms with Crippen LogP contribution in [0.1, 0.15) is 17.4 Å². The van der Waals surface area contributed by atoms with Crippen LogP contribution in [0.4, 0.5) is 0 Å². The van der Waals surface area contributed by atoms with Crippen molar-refractivity contribution in [2.45, 2.75) is 6.92 Å². The van der Waals surface area contributed by atoms with Gasteiger partial charge in [-0.3, -0.25) is 4.68 Å². The number of hydrogen-bond acceptors (Lipinski definition) is 5. The first kappa shape index (κ1) is 10.8. The third-order valence-corrected chi connectivity index (χ3v) is 2.89. The summed E-state index contributed by atoms with van der Waals surface area (Å²) in [5, 5.41) is 6.51. The molecule has 5 nitrogen and oxygen atoms in total. The van der Waals surface area contributed by atoms with E-state index in [-0.39, 0.29) is 5.97 Å². The topological polar surface area (TPSA) is 57.0 Å². The molecule has 16 heavy (non-hydrogen) atoms. The van der Waals surface area contributed by atoms with Gasteiger partial charge in [0.1, 0.15) is 5.01 Å². The lowest BCUT2D eigenvalue weighted by atomic mass is 10.4. The molecule has 0 N–H and O–H groups in total. The Balaban J connectivity index is 2.26. The Labute approximate surface area is 96.7 Å². The molecule has 0 bridgehead atoms. The van der Waals surface area contributed by atoms with Crippen LogP contribution in [0.2, 0.25) is 0 Å². The van der Waals surface area contributed by atoms with Gasteiger partial charge in [0.2, 0.25) is 0 Å². The molecular weight excluding hydrogens is 226 g/mol. The van der Waals surface area contributed by atoms with Crippen molar-refractivity contribution >= 4 is 17.3 Å². The highest BCUT2D eigenvalue weighted by atomic mass is 32.1. The zero-order valence-electron chi connectivity index (χ0n) is 9.01. The highest BCUT2D eigenvalue weighted by Crippen LogP contribution is 2.22. The van der Waals surface area contributed by atoms with Gasteiger partial charge in [0, 0.05) is 18.6 Å². The molecule has 0 atom stereocenters. The lowest BCUT2D eigenvalue weighted by Gasteiger charge is -1.97. The number of nitrogens with zero attached hydrogens (tertiary/aromatic N) is 3. The van der Waals surface area contributed by atoms with Gasteiger partial charge in [-0.05, 0) is 13.0 Å². The molecule has 0 saturated heterocycles. The number of esters is 1. The van der Waals surface area contributed by atoms with Crippen LogP contribution in [0, 0.1) is 0 Å². The number of ether oxygens (including phenoxy) is 1. The van der Waals surface area contributed by atoms with Gasteiger partial charge < -0.3 is 4.74 Å². The number of aromatic nitrogens is 3. The Kier molecular flexibility index (Phi) is 3.00. The van der Waals surface area contributed by atoms with Crippen LogP contribution in [0.15, 0.2) is 17.6 Å². The zero-order valence-corrected chi connectivity index (χ0v) is 9.82. The lowest BCUT2D eigenvalue weighted by molar-refractivity contribution is 0.0520. The summed E-state index contributed by atoms with van der Waals surface area (Å²) in [5.74, 6) is -0.382. The second kappa shape index (κ2) is 4.44. The van der Waals surface area contributed by atoms with Crippen molar-refractivity contribution in [1.29, 1.82) is 0 Å². The monoisotopic (exact) mass is 237 g/mol. The van der Waals surface area contributed by atoms with Crippen molar-refractivity contribution in [1.82, 2.24) is 14.8 Å². The number of rotatable bonds is 3. The van der Waals surface area contributed by atoms with Crippen LogP contribution in [-0.2, 0) is 11.8 Å². The molecule has 0 fully saturated rings. The first-order valence-corrected chi connectivity index (χ1v) is 5.71. The van der Waals surface area contributed by atoms with E-state index in [1.807, 2.05) is 13.1 Å². The minimum Gasteiger partial charge on any atom is -0.461 e. The third kappa shape index (κ3) is 1.96. The number of thiazole rings is 1. The van der Waals surface area contributed by atoms with Crippen molar-refractivity contribution in [2.24, 2.45) is 7.05 Å². The Morgan fingerprint density at radius 2 is 2.44 bits per heavy atom. The van der Waals surface area contributed by atoms with Crippen LogP contribution in [0.5, 0.6) is 0 Å². The molecule has 0 unspecified atom stereocenters. The molecule has 0 saturated carbocycles. The van der Waals surface area contributed by atoms with Crippen molar-refractivity contribution in [2.75, 3.05) is 6.61 Å². The molecular formula is C10H11N3O2S. The van der Waals surface area contributed by atoms with Crippen LogP contribution in [-0.4, -0.2) is 27.3 Å². The second-order valence-electron chi connectivity index (χ2n) is 3.10. The molecule has 0 amide bonds. The quantitative estimate of drug-likeness (QED) is 0.763. The lowest BCUT2D eigenvalue weighted by Crippen LogP contribution is -2.04. The maximum absolute atomic E-state index is 11.4. The van der Waals surface area contributed by atoms with Crippen LogP contribution >= 0.6 is 11.3 Å². The van der Waals surface area contributed by atoms with Crippen molar-refractivity contribution in [3.8, 4) is 10.7 Å². The zero-order chi connectivity index (χ0) is 11.5. The minimum atomic E-state index is -0.382. The molecule has 0 radical (unpaired) electrons. The fourth-order valence-electron chi connectivity index (χ4n) is 1.27. The van der Waals surface area contributed by atoms with E-state index in [2.05, 4.69) is 10.1 Å². The molecule has 2 heterocycles. The highest BCUT2D eigenvalue weighted by molar-refractivity contribution is 7.13. The fraction of sp³-hybridized carbons (Fsp3) is 0.300. The molecule has 6 heteroatoms. The van der Waals surface area contributed by atoms with Gasteiger partial charge in [-0.2, -0.15) is 5.10 Å². The summed E-state index contributed by atoms with van der Waals surface area (Å²) in [5.41, 5.74) is 1.24. The highest BCUT2D eigenvalue weighted by Gasteiger charge is 2.13. The molecule has 0 aliphatic heterocycles. The normalized spacial score (nSPS) is 10.4. The summed E-state index contributed by atoms with van der Waals surface area (Å²) in [4.78, 5) is 15.6. The maximum atomic E-state index is 11.4. The Bertz CT molecular complexity index is 504. The Morgan fingerprint density at radius 3 is 3.06 bits per heavy atom. The van der Waals surface area contributed by atoms with Gasteiger partial charge in [0.25, 0.3) is 0 Å². The Hall–Kier alpha value is -1.69. The van der Waals surface area contributed by atoms with E-state index in [0.717, 1.165) is 10.7 Å². The molecule has 2 aromatic rings. The SMILES string of the molecule is CCOC(=O)c1csc(-c2ccnn2C)n1. The summed E-state index contributed by atoms with van der Waals surface area (Å²) in [6.45, 7) is 2.13. The van der Waals surface area contributed by atoms with Crippen molar-refractivity contribution in [3.63, 3.8) is 0 Å². The summed E-state index contributed by atoms with van der Waals surface area (Å²) in [6.07, 6.45) is 1.70. The van der Waals surface area contributed by atoms with Gasteiger partial charge in [-0.1, -0.05) is 0 Å². The largest absolute Gasteiger partial charge is 0.461 e. The van der Waals surface area contributed by atoms with Crippen molar-refractivity contribution < 1.29 is 9.53 Å². The van der Waals surface area contributed by atoms with E-state index in [9.17, 15) is 4.79 Å². The van der Waals surface area contributed by atoms with E-state index in [1.54, 1.807) is 23.2 Å². The molecule has 0 aliphatic carbocycles. The van der Waals surface area contributed by atoms with Crippen LogP contribution < -0.4 is 0 Å². The molecule has 0 spiro atoms. The predicted octanol–water partition coefficient (Wildman–Crippen LogP) is 1.72. The van der Waals surface area contributed by atoms with E-state index >= 15 is 0 Å². The van der Waals surface area contributed by atoms with Crippen LogP contribution in [0.25, 0.3) is 10.7 Å². The van der Waals surface area contributed by atoms with Gasteiger partial charge in [-0.25, -0.2) is 9.78 Å². The molecule has 84 valence electrons. The average Bonchev–Trinajstić information content (AvgIpc) is 2.86. The molecule has 0 aliphatic rings. The van der Waals surface area contributed by atoms with Gasteiger partial charge in [0.15, 0.2) is 5.69 Å². The molecule has 2 rings (SSSR count). The minimum absolute atomic E-state index is 0.350. The number of hydrogen-bond donors (Lipinski definition) is 0. The number of carbonyl (C=O) groups excluding carboxylic acids is 1. The third-order valence-electron chi connectivity index (χ3n) is 2.03. The van der Waals surface area contributed by atoms with E-state index in [4.69, 9.17) is 4.74 Å². The van der Waals surface area contributed by atoms with Gasteiger partial charge >= 0.3 is 5.97 Å². The van der Waals surface area contributed by atoms with Crippen molar-refractivity contribution in [3.05, 3.63) is 23.3 Å². The van der Waals surface area contributed by atoms with Gasteiger partial charge in [-0.15, -0.1) is 11.3 Å². The summed E-state index contributed by atoms with van der Waals surface area (Å²) in [6, 6.07) is 1.85. The Morgan fingerprint density at radius 1 is 1.62 bits per heavy atom. The van der Waals surface area contributed by atoms with E-state index in [1.165, 1.54) is 11.3 Å². The summed E-state index contributed by atoms with van der Waals surface area (Å²) >= 11 is 1.40. The first-order chi connectivity index (χ1) is 7.72. The molecule has 2 aromatic heterocycles. The smallest absolute Gasteiger partial charge is 0.357 e. The second-order valence-corrected chi connectivity index (χ2v) is 3.96. The van der Waals surface area contributed by atoms with Gasteiger partial charge in [0.05, 0.1) is 12.3 Å².